The molecule has 4 aromatic rings. The summed E-state index contributed by atoms with van der Waals surface area (Å²) in [5.74, 6) is 0. The van der Waals surface area contributed by atoms with Gasteiger partial charge in [0.05, 0.1) is 0 Å². The molecule has 158 valence electrons. The van der Waals surface area contributed by atoms with E-state index in [0.717, 1.165) is 34.1 Å². The molecule has 4 aromatic carbocycles. The van der Waals surface area contributed by atoms with E-state index >= 15 is 0 Å². The lowest BCUT2D eigenvalue weighted by Gasteiger charge is -2.26. The van der Waals surface area contributed by atoms with Crippen molar-refractivity contribution in [2.24, 2.45) is 0 Å². The first-order valence-electron chi connectivity index (χ1n) is 10.6. The lowest BCUT2D eigenvalue weighted by atomic mass is 10.1. The van der Waals surface area contributed by atoms with Gasteiger partial charge in [0.15, 0.2) is 0 Å². The molecule has 0 aliphatic carbocycles. The van der Waals surface area contributed by atoms with Crippen molar-refractivity contribution < 1.29 is 0 Å². The Labute approximate surface area is 189 Å². The molecular formula is C29H27N3. The molecular weight excluding hydrogens is 390 g/mol. The molecule has 0 atom stereocenters. The van der Waals surface area contributed by atoms with Gasteiger partial charge in [0, 0.05) is 34.1 Å². The van der Waals surface area contributed by atoms with Crippen LogP contribution in [0.3, 0.4) is 0 Å². The number of nitrogen functional groups attached to an aromatic ring is 1. The lowest BCUT2D eigenvalue weighted by Crippen LogP contribution is -2.14. The first-order chi connectivity index (χ1) is 15.6. The fourth-order valence-electron chi connectivity index (χ4n) is 3.58. The van der Waals surface area contributed by atoms with Gasteiger partial charge in [-0.05, 0) is 84.4 Å². The van der Waals surface area contributed by atoms with Crippen LogP contribution in [0.4, 0.5) is 28.4 Å². The zero-order valence-electron chi connectivity index (χ0n) is 18.2. The van der Waals surface area contributed by atoms with E-state index < -0.39 is 0 Å². The fourth-order valence-corrected chi connectivity index (χ4v) is 3.58. The van der Waals surface area contributed by atoms with Crippen molar-refractivity contribution in [2.45, 2.75) is 6.92 Å². The second-order valence-corrected chi connectivity index (χ2v) is 7.54. The molecule has 0 saturated carbocycles. The van der Waals surface area contributed by atoms with Crippen LogP contribution in [-0.4, -0.2) is 0 Å². The Hall–Kier alpha value is -4.24. The third kappa shape index (κ3) is 4.90. The van der Waals surface area contributed by atoms with Gasteiger partial charge in [-0.1, -0.05) is 55.1 Å². The third-order valence-electron chi connectivity index (χ3n) is 5.20. The Balaban J connectivity index is 1.67. The van der Waals surface area contributed by atoms with E-state index in [2.05, 4.69) is 83.5 Å². The number of allylic oxidation sites excluding steroid dienone is 4. The van der Waals surface area contributed by atoms with Gasteiger partial charge in [-0.3, -0.25) is 0 Å². The molecule has 0 amide bonds. The third-order valence-corrected chi connectivity index (χ3v) is 5.20. The van der Waals surface area contributed by atoms with Crippen molar-refractivity contribution in [3.63, 3.8) is 0 Å². The lowest BCUT2D eigenvalue weighted by molar-refractivity contribution is 1.22. The van der Waals surface area contributed by atoms with Crippen molar-refractivity contribution in [1.29, 1.82) is 0 Å². The van der Waals surface area contributed by atoms with Crippen molar-refractivity contribution >= 4 is 39.2 Å². The Morgan fingerprint density at radius 2 is 1.41 bits per heavy atom. The molecule has 0 heterocycles. The van der Waals surface area contributed by atoms with Gasteiger partial charge in [-0.2, -0.15) is 0 Å². The maximum atomic E-state index is 5.78. The molecule has 0 fully saturated rings. The predicted molar refractivity (Wildman–Crippen MR) is 140 cm³/mol. The average Bonchev–Trinajstić information content (AvgIpc) is 2.82. The van der Waals surface area contributed by atoms with E-state index in [-0.39, 0.29) is 0 Å². The first-order valence-corrected chi connectivity index (χ1v) is 10.6. The summed E-state index contributed by atoms with van der Waals surface area (Å²) in [6, 6.07) is 30.9. The number of nitrogens with zero attached hydrogens (tertiary/aromatic N) is 1. The summed E-state index contributed by atoms with van der Waals surface area (Å²) in [6.07, 6.45) is 8.04. The van der Waals surface area contributed by atoms with Crippen LogP contribution in [0.15, 0.2) is 128 Å². The standard InChI is InChI=1S/C29H27N3/c1-3-4-5-8-22(2)32(29-18-11-23-9-6-7-10-24(23)21-29)28-19-16-27(17-20-28)31-26-14-12-25(30)13-15-26/h3-21,31H,2,30H2,1H3/b4-3-,8-5-. The van der Waals surface area contributed by atoms with Crippen LogP contribution in [-0.2, 0) is 0 Å². The number of benzene rings is 4. The quantitative estimate of drug-likeness (QED) is 0.237. The minimum absolute atomic E-state index is 0.751. The van der Waals surface area contributed by atoms with E-state index in [0.29, 0.717) is 0 Å². The summed E-state index contributed by atoms with van der Waals surface area (Å²) in [5.41, 5.74) is 11.5. The maximum absolute atomic E-state index is 5.78. The normalized spacial score (nSPS) is 11.3. The van der Waals surface area contributed by atoms with Crippen LogP contribution in [0.2, 0.25) is 0 Å². The highest BCUT2D eigenvalue weighted by atomic mass is 15.1. The largest absolute Gasteiger partial charge is 0.399 e. The van der Waals surface area contributed by atoms with Crippen LogP contribution < -0.4 is 16.0 Å². The second kappa shape index (κ2) is 9.71. The van der Waals surface area contributed by atoms with E-state index in [4.69, 9.17) is 5.73 Å². The highest BCUT2D eigenvalue weighted by Gasteiger charge is 2.12. The highest BCUT2D eigenvalue weighted by Crippen LogP contribution is 2.33. The summed E-state index contributed by atoms with van der Waals surface area (Å²) >= 11 is 0. The summed E-state index contributed by atoms with van der Waals surface area (Å²) in [5, 5.41) is 5.83. The minimum atomic E-state index is 0.751. The van der Waals surface area contributed by atoms with Crippen LogP contribution in [0.1, 0.15) is 6.92 Å². The number of fused-ring (bicyclic) bond motifs is 1. The number of rotatable bonds is 7. The van der Waals surface area contributed by atoms with Gasteiger partial charge in [0.2, 0.25) is 0 Å². The Morgan fingerprint density at radius 3 is 2.09 bits per heavy atom. The van der Waals surface area contributed by atoms with Gasteiger partial charge < -0.3 is 16.0 Å². The molecule has 3 nitrogen and oxygen atoms in total. The van der Waals surface area contributed by atoms with Crippen molar-refractivity contribution in [1.82, 2.24) is 0 Å². The molecule has 0 aromatic heterocycles. The van der Waals surface area contributed by atoms with Crippen LogP contribution in [0.5, 0.6) is 0 Å². The van der Waals surface area contributed by atoms with Gasteiger partial charge in [-0.25, -0.2) is 0 Å². The minimum Gasteiger partial charge on any atom is -0.399 e. The van der Waals surface area contributed by atoms with Crippen LogP contribution in [0.25, 0.3) is 10.8 Å². The molecule has 0 unspecified atom stereocenters. The van der Waals surface area contributed by atoms with Crippen LogP contribution in [0, 0.1) is 0 Å². The Morgan fingerprint density at radius 1 is 0.781 bits per heavy atom. The summed E-state index contributed by atoms with van der Waals surface area (Å²) < 4.78 is 0. The van der Waals surface area contributed by atoms with E-state index in [1.165, 1.54) is 10.8 Å². The zero-order valence-corrected chi connectivity index (χ0v) is 18.2. The molecule has 0 radical (unpaired) electrons. The van der Waals surface area contributed by atoms with E-state index in [9.17, 15) is 0 Å². The Bertz CT molecular complexity index is 1270. The summed E-state index contributed by atoms with van der Waals surface area (Å²) in [4.78, 5) is 2.17. The zero-order chi connectivity index (χ0) is 22.3. The highest BCUT2D eigenvalue weighted by molar-refractivity contribution is 5.88. The summed E-state index contributed by atoms with van der Waals surface area (Å²) in [7, 11) is 0. The van der Waals surface area contributed by atoms with Crippen molar-refractivity contribution in [3.8, 4) is 0 Å². The molecule has 3 heteroatoms. The first kappa shape index (κ1) is 21.0. The van der Waals surface area contributed by atoms with Gasteiger partial charge in [0.1, 0.15) is 0 Å². The Kier molecular flexibility index (Phi) is 6.38. The smallest absolute Gasteiger partial charge is 0.0467 e. The van der Waals surface area contributed by atoms with Crippen molar-refractivity contribution in [3.05, 3.63) is 128 Å². The number of hydrogen-bond donors (Lipinski definition) is 2. The molecule has 3 N–H and O–H groups in total. The molecule has 0 spiro atoms. The average molecular weight is 418 g/mol. The van der Waals surface area contributed by atoms with Gasteiger partial charge in [0.25, 0.3) is 0 Å². The molecule has 0 bridgehead atoms. The summed E-state index contributed by atoms with van der Waals surface area (Å²) in [6.45, 7) is 6.34. The van der Waals surface area contributed by atoms with Gasteiger partial charge >= 0.3 is 0 Å². The molecule has 32 heavy (non-hydrogen) atoms. The number of nitrogens with two attached hydrogens (primary N) is 1. The fraction of sp³-hybridized carbons (Fsp3) is 0.0345. The monoisotopic (exact) mass is 417 g/mol. The predicted octanol–water partition coefficient (Wildman–Crippen LogP) is 7.95. The number of nitrogens with one attached hydrogen (secondary N) is 1. The topological polar surface area (TPSA) is 41.3 Å². The molecule has 0 aliphatic rings. The van der Waals surface area contributed by atoms with Gasteiger partial charge in [-0.15, -0.1) is 0 Å². The van der Waals surface area contributed by atoms with E-state index in [1.807, 2.05) is 55.5 Å². The number of anilines is 5. The molecule has 0 aliphatic heterocycles. The SMILES string of the molecule is C=C(/C=C\C=C/C)N(c1ccc(Nc2ccc(N)cc2)cc1)c1ccc2ccccc2c1. The second-order valence-electron chi connectivity index (χ2n) is 7.54. The molecule has 4 rings (SSSR count). The molecule has 0 saturated heterocycles. The van der Waals surface area contributed by atoms with Crippen LogP contribution >= 0.6 is 0 Å². The van der Waals surface area contributed by atoms with E-state index in [1.54, 1.807) is 0 Å². The van der Waals surface area contributed by atoms with Crippen molar-refractivity contribution in [2.75, 3.05) is 16.0 Å². The maximum Gasteiger partial charge on any atom is 0.0467 e. The number of hydrogen-bond acceptors (Lipinski definition) is 3.